The van der Waals surface area contributed by atoms with Gasteiger partial charge in [-0.1, -0.05) is 37.3 Å². The number of carbonyl (C=O) groups is 1. The first-order chi connectivity index (χ1) is 13.5. The van der Waals surface area contributed by atoms with E-state index in [2.05, 4.69) is 10.3 Å². The summed E-state index contributed by atoms with van der Waals surface area (Å²) in [6, 6.07) is 17.0. The largest absolute Gasteiger partial charge is 0.351 e. The minimum atomic E-state index is -0.504. The van der Waals surface area contributed by atoms with Crippen LogP contribution in [0.25, 0.3) is 16.6 Å². The van der Waals surface area contributed by atoms with Crippen LogP contribution in [0.5, 0.6) is 0 Å². The smallest absolute Gasteiger partial charge is 0.265 e. The molecule has 0 aliphatic rings. The van der Waals surface area contributed by atoms with Crippen molar-refractivity contribution < 1.29 is 9.18 Å². The van der Waals surface area contributed by atoms with E-state index in [1.54, 1.807) is 12.1 Å². The van der Waals surface area contributed by atoms with E-state index in [4.69, 9.17) is 0 Å². The first-order valence-electron chi connectivity index (χ1n) is 8.98. The van der Waals surface area contributed by atoms with Crippen molar-refractivity contribution in [3.8, 4) is 0 Å². The molecule has 6 heteroatoms. The summed E-state index contributed by atoms with van der Waals surface area (Å²) >= 11 is 0. The van der Waals surface area contributed by atoms with Crippen molar-refractivity contribution in [2.75, 3.05) is 6.54 Å². The minimum absolute atomic E-state index is 0.139. The van der Waals surface area contributed by atoms with Crippen molar-refractivity contribution in [2.24, 2.45) is 0 Å². The second-order valence-electron chi connectivity index (χ2n) is 6.72. The van der Waals surface area contributed by atoms with Gasteiger partial charge in [0.25, 0.3) is 11.5 Å². The summed E-state index contributed by atoms with van der Waals surface area (Å²) in [5, 5.41) is 3.09. The van der Waals surface area contributed by atoms with Crippen LogP contribution in [0.1, 0.15) is 28.8 Å². The zero-order valence-electron chi connectivity index (χ0n) is 15.2. The van der Waals surface area contributed by atoms with Gasteiger partial charge in [0, 0.05) is 12.7 Å². The highest BCUT2D eigenvalue weighted by atomic mass is 19.1. The van der Waals surface area contributed by atoms with E-state index < -0.39 is 11.4 Å². The van der Waals surface area contributed by atoms with Gasteiger partial charge in [-0.3, -0.25) is 14.0 Å². The van der Waals surface area contributed by atoms with Gasteiger partial charge < -0.3 is 5.32 Å². The lowest BCUT2D eigenvalue weighted by Crippen LogP contribution is -2.29. The summed E-state index contributed by atoms with van der Waals surface area (Å²) in [4.78, 5) is 29.9. The summed E-state index contributed by atoms with van der Waals surface area (Å²) in [7, 11) is 0. The normalized spacial score (nSPS) is 12.2. The number of halogens is 1. The van der Waals surface area contributed by atoms with Crippen LogP contribution in [0.15, 0.2) is 71.7 Å². The van der Waals surface area contributed by atoms with Gasteiger partial charge in [-0.15, -0.1) is 0 Å². The van der Waals surface area contributed by atoms with E-state index in [0.717, 1.165) is 11.6 Å². The molecule has 0 aliphatic carbocycles. The van der Waals surface area contributed by atoms with Gasteiger partial charge in [0.05, 0.1) is 16.5 Å². The monoisotopic (exact) mass is 375 g/mol. The minimum Gasteiger partial charge on any atom is -0.351 e. The van der Waals surface area contributed by atoms with Crippen molar-refractivity contribution in [1.82, 2.24) is 14.7 Å². The fourth-order valence-electron chi connectivity index (χ4n) is 3.22. The quantitative estimate of drug-likeness (QED) is 0.555. The molecular formula is C22H18FN3O2. The van der Waals surface area contributed by atoms with Crippen molar-refractivity contribution in [2.45, 2.75) is 12.8 Å². The van der Waals surface area contributed by atoms with Crippen LogP contribution in [-0.4, -0.2) is 21.8 Å². The van der Waals surface area contributed by atoms with Gasteiger partial charge in [0.1, 0.15) is 5.82 Å². The topological polar surface area (TPSA) is 63.5 Å². The van der Waals surface area contributed by atoms with E-state index in [0.29, 0.717) is 17.6 Å². The summed E-state index contributed by atoms with van der Waals surface area (Å²) in [6.07, 6.45) is 1.53. The Morgan fingerprint density at radius 1 is 1.14 bits per heavy atom. The Bertz CT molecular complexity index is 1240. The fourth-order valence-corrected chi connectivity index (χ4v) is 3.22. The number of fused-ring (bicyclic) bond motifs is 2. The zero-order chi connectivity index (χ0) is 19.7. The van der Waals surface area contributed by atoms with Crippen LogP contribution in [-0.2, 0) is 0 Å². The van der Waals surface area contributed by atoms with E-state index >= 15 is 0 Å². The average molecular weight is 375 g/mol. The highest BCUT2D eigenvalue weighted by Crippen LogP contribution is 2.16. The molecular weight excluding hydrogens is 357 g/mol. The van der Waals surface area contributed by atoms with Crippen LogP contribution < -0.4 is 10.9 Å². The van der Waals surface area contributed by atoms with E-state index in [-0.39, 0.29) is 22.9 Å². The third-order valence-electron chi connectivity index (χ3n) is 4.78. The Morgan fingerprint density at radius 2 is 1.93 bits per heavy atom. The number of pyridine rings is 1. The Morgan fingerprint density at radius 3 is 2.71 bits per heavy atom. The Hall–Kier alpha value is -3.54. The Kier molecular flexibility index (Phi) is 4.61. The van der Waals surface area contributed by atoms with Crippen molar-refractivity contribution in [1.29, 1.82) is 0 Å². The Labute approximate surface area is 160 Å². The molecule has 1 N–H and O–H groups in total. The van der Waals surface area contributed by atoms with Crippen LogP contribution >= 0.6 is 0 Å². The molecule has 140 valence electrons. The molecule has 1 atom stereocenters. The van der Waals surface area contributed by atoms with E-state index in [1.807, 2.05) is 37.3 Å². The summed E-state index contributed by atoms with van der Waals surface area (Å²) in [5.74, 6) is -0.677. The standard InChI is InChI=1S/C22H18FN3O2/c1-14(15-6-3-2-4-7-15)13-24-21(27)17-8-5-11-26-20(17)25-19-10-9-16(23)12-18(19)22(26)28/h2-12,14H,13H2,1H3,(H,24,27)/t14-/m0/s1. The summed E-state index contributed by atoms with van der Waals surface area (Å²) in [6.45, 7) is 2.48. The van der Waals surface area contributed by atoms with Gasteiger partial charge in [0.2, 0.25) is 0 Å². The van der Waals surface area contributed by atoms with Gasteiger partial charge in [-0.2, -0.15) is 0 Å². The predicted octanol–water partition coefficient (Wildman–Crippen LogP) is 3.52. The van der Waals surface area contributed by atoms with Gasteiger partial charge >= 0.3 is 0 Å². The predicted molar refractivity (Wildman–Crippen MR) is 106 cm³/mol. The van der Waals surface area contributed by atoms with Crippen LogP contribution in [0.2, 0.25) is 0 Å². The molecule has 28 heavy (non-hydrogen) atoms. The second kappa shape index (κ2) is 7.23. The molecule has 0 saturated carbocycles. The van der Waals surface area contributed by atoms with Crippen LogP contribution in [0.3, 0.4) is 0 Å². The number of benzene rings is 2. The molecule has 0 unspecified atom stereocenters. The van der Waals surface area contributed by atoms with Gasteiger partial charge in [-0.25, -0.2) is 9.37 Å². The maximum absolute atomic E-state index is 13.5. The molecule has 0 spiro atoms. The lowest BCUT2D eigenvalue weighted by Gasteiger charge is -2.14. The molecule has 4 aromatic rings. The molecule has 0 bridgehead atoms. The molecule has 0 saturated heterocycles. The van der Waals surface area contributed by atoms with Crippen molar-refractivity contribution in [3.05, 3.63) is 94.2 Å². The van der Waals surface area contributed by atoms with Crippen LogP contribution in [0, 0.1) is 5.82 Å². The third kappa shape index (κ3) is 3.24. The molecule has 5 nitrogen and oxygen atoms in total. The SMILES string of the molecule is C[C@@H](CNC(=O)c1cccn2c(=O)c3cc(F)ccc3nc12)c1ccccc1. The lowest BCUT2D eigenvalue weighted by atomic mass is 10.0. The molecule has 2 aromatic carbocycles. The van der Waals surface area contributed by atoms with Crippen molar-refractivity contribution in [3.63, 3.8) is 0 Å². The number of amides is 1. The maximum Gasteiger partial charge on any atom is 0.265 e. The van der Waals surface area contributed by atoms with E-state index in [9.17, 15) is 14.0 Å². The molecule has 2 heterocycles. The molecule has 0 radical (unpaired) electrons. The first kappa shape index (κ1) is 17.9. The number of nitrogens with zero attached hydrogens (tertiary/aromatic N) is 2. The van der Waals surface area contributed by atoms with Crippen LogP contribution in [0.4, 0.5) is 4.39 Å². The number of nitrogens with one attached hydrogen (secondary N) is 1. The summed E-state index contributed by atoms with van der Waals surface area (Å²) < 4.78 is 14.8. The average Bonchev–Trinajstić information content (AvgIpc) is 2.73. The number of hydrogen-bond acceptors (Lipinski definition) is 3. The fraction of sp³-hybridized carbons (Fsp3) is 0.136. The number of hydrogen-bond donors (Lipinski definition) is 1. The van der Waals surface area contributed by atoms with Gasteiger partial charge in [-0.05, 0) is 41.8 Å². The molecule has 4 rings (SSSR count). The maximum atomic E-state index is 13.5. The molecule has 0 aliphatic heterocycles. The second-order valence-corrected chi connectivity index (χ2v) is 6.72. The number of carbonyl (C=O) groups excluding carboxylic acids is 1. The number of aromatic nitrogens is 2. The highest BCUT2D eigenvalue weighted by molar-refractivity contribution is 6.00. The third-order valence-corrected chi connectivity index (χ3v) is 4.78. The lowest BCUT2D eigenvalue weighted by molar-refractivity contribution is 0.0952. The number of rotatable bonds is 4. The summed E-state index contributed by atoms with van der Waals surface area (Å²) in [5.41, 5.74) is 1.61. The van der Waals surface area contributed by atoms with Gasteiger partial charge in [0.15, 0.2) is 5.65 Å². The highest BCUT2D eigenvalue weighted by Gasteiger charge is 2.15. The van der Waals surface area contributed by atoms with Crippen molar-refractivity contribution >= 4 is 22.5 Å². The Balaban J connectivity index is 1.68. The first-order valence-corrected chi connectivity index (χ1v) is 8.98. The zero-order valence-corrected chi connectivity index (χ0v) is 15.2. The molecule has 2 aromatic heterocycles. The molecule has 1 amide bonds. The molecule has 0 fully saturated rings. The van der Waals surface area contributed by atoms with E-state index in [1.165, 1.54) is 22.7 Å².